The van der Waals surface area contributed by atoms with Crippen molar-refractivity contribution in [3.63, 3.8) is 0 Å². The quantitative estimate of drug-likeness (QED) is 0.0309. The molecule has 0 aromatic rings. The lowest BCUT2D eigenvalue weighted by atomic mass is 10.00. The van der Waals surface area contributed by atoms with Crippen molar-refractivity contribution < 1.29 is 25.2 Å². The number of carbonyl (C=O) groups is 1. The minimum absolute atomic E-state index is 0.359. The SMILES string of the molecule is CCC/C=C/CC/C=C/CC/C=C/CCCC(O)C(O)C(CO)NC(=O)C(O)CCCCCCCCCCCCCCCCCC/C=C\CCCCCCCCCCCCCCCC. The molecule has 0 heterocycles. The third-order valence-corrected chi connectivity index (χ3v) is 12.9. The summed E-state index contributed by atoms with van der Waals surface area (Å²) in [5, 5.41) is 43.8. The molecule has 0 radical (unpaired) electrons. The summed E-state index contributed by atoms with van der Waals surface area (Å²) in [6.45, 7) is 3.99. The first kappa shape index (κ1) is 62.3. The van der Waals surface area contributed by atoms with Gasteiger partial charge in [0.1, 0.15) is 12.2 Å². The number of nitrogens with one attached hydrogen (secondary N) is 1. The molecule has 376 valence electrons. The first-order valence-electron chi connectivity index (χ1n) is 28.0. The Balaban J connectivity index is 3.58. The van der Waals surface area contributed by atoms with E-state index in [4.69, 9.17) is 0 Å². The van der Waals surface area contributed by atoms with E-state index in [1.54, 1.807) is 0 Å². The lowest BCUT2D eigenvalue weighted by Crippen LogP contribution is -2.53. The van der Waals surface area contributed by atoms with Gasteiger partial charge in [-0.15, -0.1) is 0 Å². The summed E-state index contributed by atoms with van der Waals surface area (Å²) in [5.74, 6) is -0.598. The average Bonchev–Trinajstić information content (AvgIpc) is 3.30. The van der Waals surface area contributed by atoms with E-state index in [0.29, 0.717) is 19.3 Å². The zero-order valence-corrected chi connectivity index (χ0v) is 42.5. The Morgan fingerprint density at radius 3 is 1.05 bits per heavy atom. The van der Waals surface area contributed by atoms with Crippen LogP contribution in [0, 0.1) is 0 Å². The molecule has 64 heavy (non-hydrogen) atoms. The standard InChI is InChI=1S/C58H109NO5/c1-3-5-7-9-11-13-15-17-19-20-21-22-23-24-25-26-27-28-29-30-31-32-33-34-35-36-37-38-40-42-44-46-48-50-52-56(62)58(64)59-54(53-60)57(63)55(61)51-49-47-45-43-41-39-18-16-14-12-10-8-6-4-2/h8,10,16,18,26-27,43,45,54-57,60-63H,3-7,9,11-15,17,19-25,28-42,44,46-53H2,1-2H3,(H,59,64)/b10-8+,18-16+,27-26-,45-43+. The molecule has 0 saturated carbocycles. The molecule has 0 aromatic carbocycles. The summed E-state index contributed by atoms with van der Waals surface area (Å²) in [5.41, 5.74) is 0. The van der Waals surface area contributed by atoms with Crippen LogP contribution in [0.5, 0.6) is 0 Å². The van der Waals surface area contributed by atoms with Gasteiger partial charge in [-0.3, -0.25) is 4.79 Å². The molecule has 0 rings (SSSR count). The minimum atomic E-state index is -1.29. The molecule has 0 bridgehead atoms. The highest BCUT2D eigenvalue weighted by atomic mass is 16.3. The number of aliphatic hydroxyl groups excluding tert-OH is 4. The predicted molar refractivity (Wildman–Crippen MR) is 279 cm³/mol. The Morgan fingerprint density at radius 2 is 0.688 bits per heavy atom. The maximum Gasteiger partial charge on any atom is 0.249 e. The van der Waals surface area contributed by atoms with Crippen LogP contribution in [-0.2, 0) is 4.79 Å². The molecule has 0 saturated heterocycles. The van der Waals surface area contributed by atoms with Crippen molar-refractivity contribution in [2.45, 2.75) is 308 Å². The van der Waals surface area contributed by atoms with E-state index in [1.807, 2.05) is 0 Å². The maximum absolute atomic E-state index is 12.6. The van der Waals surface area contributed by atoms with Gasteiger partial charge in [0.15, 0.2) is 0 Å². The first-order valence-corrected chi connectivity index (χ1v) is 28.0. The van der Waals surface area contributed by atoms with Crippen LogP contribution in [0.15, 0.2) is 48.6 Å². The lowest BCUT2D eigenvalue weighted by molar-refractivity contribution is -0.132. The summed E-state index contributed by atoms with van der Waals surface area (Å²) >= 11 is 0. The van der Waals surface area contributed by atoms with Gasteiger partial charge in [-0.2, -0.15) is 0 Å². The Kier molecular flexibility index (Phi) is 50.8. The van der Waals surface area contributed by atoms with Crippen LogP contribution in [0.3, 0.4) is 0 Å². The van der Waals surface area contributed by atoms with Gasteiger partial charge in [0.2, 0.25) is 5.91 Å². The maximum atomic E-state index is 12.6. The second-order valence-electron chi connectivity index (χ2n) is 19.3. The molecular weight excluding hydrogens is 791 g/mol. The monoisotopic (exact) mass is 900 g/mol. The number of aliphatic hydroxyl groups is 4. The second-order valence-corrected chi connectivity index (χ2v) is 19.3. The summed E-state index contributed by atoms with van der Waals surface area (Å²) in [7, 11) is 0. The Morgan fingerprint density at radius 1 is 0.375 bits per heavy atom. The molecule has 0 aromatic heterocycles. The summed E-state index contributed by atoms with van der Waals surface area (Å²) in [6, 6.07) is -1.01. The van der Waals surface area contributed by atoms with Crippen molar-refractivity contribution in [3.8, 4) is 0 Å². The predicted octanol–water partition coefficient (Wildman–Crippen LogP) is 16.2. The summed E-state index contributed by atoms with van der Waals surface area (Å²) < 4.78 is 0. The van der Waals surface area contributed by atoms with Crippen LogP contribution < -0.4 is 5.32 Å². The number of hydrogen-bond donors (Lipinski definition) is 5. The van der Waals surface area contributed by atoms with Gasteiger partial charge in [-0.05, 0) is 83.5 Å². The van der Waals surface area contributed by atoms with Crippen molar-refractivity contribution in [2.75, 3.05) is 6.61 Å². The van der Waals surface area contributed by atoms with Crippen LogP contribution in [0.2, 0.25) is 0 Å². The van der Waals surface area contributed by atoms with Crippen LogP contribution in [0.4, 0.5) is 0 Å². The first-order chi connectivity index (χ1) is 31.5. The van der Waals surface area contributed by atoms with E-state index >= 15 is 0 Å². The van der Waals surface area contributed by atoms with Gasteiger partial charge in [-0.1, -0.05) is 249 Å². The van der Waals surface area contributed by atoms with Crippen molar-refractivity contribution in [1.82, 2.24) is 5.32 Å². The number of hydrogen-bond acceptors (Lipinski definition) is 5. The molecule has 0 fully saturated rings. The molecule has 0 aliphatic rings. The van der Waals surface area contributed by atoms with Crippen molar-refractivity contribution >= 4 is 5.91 Å². The lowest BCUT2D eigenvalue weighted by Gasteiger charge is -2.27. The van der Waals surface area contributed by atoms with Crippen LogP contribution in [0.1, 0.15) is 284 Å². The van der Waals surface area contributed by atoms with E-state index in [9.17, 15) is 25.2 Å². The van der Waals surface area contributed by atoms with Crippen LogP contribution >= 0.6 is 0 Å². The van der Waals surface area contributed by atoms with E-state index in [0.717, 1.165) is 57.8 Å². The van der Waals surface area contributed by atoms with E-state index in [1.165, 1.54) is 193 Å². The minimum Gasteiger partial charge on any atom is -0.394 e. The molecular formula is C58H109NO5. The molecule has 6 heteroatoms. The molecule has 0 aliphatic carbocycles. The van der Waals surface area contributed by atoms with Crippen LogP contribution in [0.25, 0.3) is 0 Å². The fourth-order valence-corrected chi connectivity index (χ4v) is 8.56. The van der Waals surface area contributed by atoms with E-state index in [-0.39, 0.29) is 0 Å². The third kappa shape index (κ3) is 45.4. The molecule has 6 nitrogen and oxygen atoms in total. The molecule has 1 amide bonds. The van der Waals surface area contributed by atoms with Gasteiger partial charge >= 0.3 is 0 Å². The van der Waals surface area contributed by atoms with Gasteiger partial charge in [-0.25, -0.2) is 0 Å². The van der Waals surface area contributed by atoms with E-state index in [2.05, 4.69) is 67.8 Å². The number of amides is 1. The number of rotatable bonds is 51. The Bertz CT molecular complexity index is 1060. The van der Waals surface area contributed by atoms with Gasteiger partial charge in [0.05, 0.1) is 18.8 Å². The number of allylic oxidation sites excluding steroid dienone is 8. The van der Waals surface area contributed by atoms with Gasteiger partial charge in [0, 0.05) is 0 Å². The fraction of sp³-hybridized carbons (Fsp3) is 0.845. The van der Waals surface area contributed by atoms with Crippen molar-refractivity contribution in [3.05, 3.63) is 48.6 Å². The zero-order valence-electron chi connectivity index (χ0n) is 42.5. The Hall–Kier alpha value is -1.73. The van der Waals surface area contributed by atoms with Gasteiger partial charge < -0.3 is 25.7 Å². The normalized spacial score (nSPS) is 14.2. The molecule has 0 aliphatic heterocycles. The smallest absolute Gasteiger partial charge is 0.249 e. The molecule has 4 unspecified atom stereocenters. The highest BCUT2D eigenvalue weighted by Crippen LogP contribution is 2.17. The van der Waals surface area contributed by atoms with Gasteiger partial charge in [0.25, 0.3) is 0 Å². The number of unbranched alkanes of at least 4 members (excludes halogenated alkanes) is 34. The highest BCUT2D eigenvalue weighted by molar-refractivity contribution is 5.80. The van der Waals surface area contributed by atoms with Crippen LogP contribution in [-0.4, -0.2) is 57.3 Å². The second kappa shape index (κ2) is 52.2. The van der Waals surface area contributed by atoms with Crippen molar-refractivity contribution in [1.29, 1.82) is 0 Å². The summed E-state index contributed by atoms with van der Waals surface area (Å²) in [4.78, 5) is 12.6. The molecule has 5 N–H and O–H groups in total. The average molecular weight is 901 g/mol. The highest BCUT2D eigenvalue weighted by Gasteiger charge is 2.28. The van der Waals surface area contributed by atoms with E-state index < -0.39 is 36.9 Å². The number of carbonyl (C=O) groups excluding carboxylic acids is 1. The Labute approximate surface area is 398 Å². The zero-order chi connectivity index (χ0) is 46.7. The topological polar surface area (TPSA) is 110 Å². The molecule has 0 spiro atoms. The third-order valence-electron chi connectivity index (χ3n) is 12.9. The largest absolute Gasteiger partial charge is 0.394 e. The molecule has 4 atom stereocenters. The van der Waals surface area contributed by atoms with Crippen molar-refractivity contribution in [2.24, 2.45) is 0 Å². The fourth-order valence-electron chi connectivity index (χ4n) is 8.56. The summed E-state index contributed by atoms with van der Waals surface area (Å²) in [6.07, 6.45) is 66.3.